The number of rotatable bonds is 12. The number of hydrogen-bond acceptors (Lipinski definition) is 8. The number of carbonyl (C=O) groups excluding carboxylic acids is 2. The van der Waals surface area contributed by atoms with Crippen molar-refractivity contribution in [2.45, 2.75) is 44.9 Å². The molecule has 1 fully saturated rings. The molecule has 1 saturated heterocycles. The number of benzene rings is 2. The Labute approximate surface area is 219 Å². The molecule has 208 valence electrons. The molecule has 0 N–H and O–H groups in total. The van der Waals surface area contributed by atoms with E-state index in [2.05, 4.69) is 4.74 Å². The van der Waals surface area contributed by atoms with Crippen LogP contribution in [-0.4, -0.2) is 74.4 Å². The van der Waals surface area contributed by atoms with Crippen molar-refractivity contribution in [3.8, 4) is 5.75 Å². The van der Waals surface area contributed by atoms with Crippen molar-refractivity contribution in [3.05, 3.63) is 65.7 Å². The van der Waals surface area contributed by atoms with Crippen molar-refractivity contribution in [2.24, 2.45) is 0 Å². The van der Waals surface area contributed by atoms with Crippen LogP contribution in [0.1, 0.15) is 25.0 Å². The van der Waals surface area contributed by atoms with Gasteiger partial charge in [-0.3, -0.25) is 4.90 Å². The van der Waals surface area contributed by atoms with Gasteiger partial charge in [-0.25, -0.2) is 9.59 Å². The van der Waals surface area contributed by atoms with E-state index in [9.17, 15) is 22.8 Å². The molecule has 1 aliphatic rings. The van der Waals surface area contributed by atoms with Crippen molar-refractivity contribution in [2.75, 3.05) is 39.5 Å². The second kappa shape index (κ2) is 13.6. The Morgan fingerprint density at radius 1 is 0.947 bits per heavy atom. The number of halogens is 3. The molecule has 1 aliphatic heterocycles. The van der Waals surface area contributed by atoms with Crippen molar-refractivity contribution >= 4 is 11.9 Å². The van der Waals surface area contributed by atoms with E-state index in [1.54, 1.807) is 44.2 Å². The van der Waals surface area contributed by atoms with Gasteiger partial charge < -0.3 is 23.7 Å². The van der Waals surface area contributed by atoms with Crippen molar-refractivity contribution in [1.82, 2.24) is 4.90 Å². The summed E-state index contributed by atoms with van der Waals surface area (Å²) in [7, 11) is 0. The van der Waals surface area contributed by atoms with Crippen molar-refractivity contribution < 1.29 is 46.4 Å². The van der Waals surface area contributed by atoms with Gasteiger partial charge in [0.2, 0.25) is 0 Å². The molecule has 38 heavy (non-hydrogen) atoms. The molecule has 8 nitrogen and oxygen atoms in total. The first-order chi connectivity index (χ1) is 18.1. The van der Waals surface area contributed by atoms with Gasteiger partial charge in [0.1, 0.15) is 19.0 Å². The van der Waals surface area contributed by atoms with E-state index in [0.717, 1.165) is 12.1 Å². The maximum absolute atomic E-state index is 13.5. The number of esters is 2. The number of carbonyl (C=O) groups is 2. The maximum atomic E-state index is 13.5. The van der Waals surface area contributed by atoms with Crippen molar-refractivity contribution in [3.63, 3.8) is 0 Å². The molecule has 0 aromatic heterocycles. The van der Waals surface area contributed by atoms with Gasteiger partial charge in [0.15, 0.2) is 0 Å². The minimum atomic E-state index is -4.91. The van der Waals surface area contributed by atoms with Gasteiger partial charge in [-0.2, -0.15) is 0 Å². The average molecular weight is 540 g/mol. The Morgan fingerprint density at radius 3 is 2.26 bits per heavy atom. The number of alkyl halides is 3. The lowest BCUT2D eigenvalue weighted by molar-refractivity contribution is -0.274. The smallest absolute Gasteiger partial charge is 0.462 e. The Hall–Kier alpha value is -3.15. The lowest BCUT2D eigenvalue weighted by Crippen LogP contribution is -2.54. The number of ether oxygens (including phenoxy) is 5. The average Bonchev–Trinajstić information content (AvgIpc) is 2.87. The van der Waals surface area contributed by atoms with Crippen LogP contribution in [0, 0.1) is 0 Å². The lowest BCUT2D eigenvalue weighted by Gasteiger charge is -2.32. The quantitative estimate of drug-likeness (QED) is 0.297. The highest BCUT2D eigenvalue weighted by Gasteiger charge is 2.51. The first-order valence-corrected chi connectivity index (χ1v) is 12.3. The zero-order chi connectivity index (χ0) is 27.6. The van der Waals surface area contributed by atoms with E-state index < -0.39 is 42.2 Å². The van der Waals surface area contributed by atoms with Crippen LogP contribution in [0.5, 0.6) is 5.75 Å². The van der Waals surface area contributed by atoms with E-state index in [-0.39, 0.29) is 18.8 Å². The van der Waals surface area contributed by atoms with E-state index in [1.807, 2.05) is 4.90 Å². The fraction of sp³-hybridized carbons (Fsp3) is 0.481. The Kier molecular flexibility index (Phi) is 10.5. The first-order valence-electron chi connectivity index (χ1n) is 12.3. The standard InChI is InChI=1S/C27H32F3NO7/c1-20(2)37-26(25(33)36-19-21-7-4-3-5-8-21,24(32)35-16-13-31-11-14-34-15-12-31)18-22-9-6-10-23(17-22)38-27(28,29)30/h3-10,17,20H,11-16,18-19H2,1-2H3. The zero-order valence-electron chi connectivity index (χ0n) is 21.4. The summed E-state index contributed by atoms with van der Waals surface area (Å²) in [5, 5.41) is 0. The molecule has 1 heterocycles. The molecule has 0 saturated carbocycles. The lowest BCUT2D eigenvalue weighted by atomic mass is 9.93. The van der Waals surface area contributed by atoms with Gasteiger partial charge in [0.25, 0.3) is 5.60 Å². The molecule has 0 spiro atoms. The predicted molar refractivity (Wildman–Crippen MR) is 130 cm³/mol. The van der Waals surface area contributed by atoms with Crippen molar-refractivity contribution in [1.29, 1.82) is 0 Å². The molecular formula is C27H32F3NO7. The largest absolute Gasteiger partial charge is 0.573 e. The van der Waals surface area contributed by atoms with Crippen LogP contribution in [0.4, 0.5) is 13.2 Å². The molecule has 1 unspecified atom stereocenters. The van der Waals surface area contributed by atoms with E-state index in [0.29, 0.717) is 38.4 Å². The van der Waals surface area contributed by atoms with Crippen LogP contribution in [0.2, 0.25) is 0 Å². The molecule has 0 bridgehead atoms. The highest BCUT2D eigenvalue weighted by atomic mass is 19.4. The first kappa shape index (κ1) is 29.4. The van der Waals surface area contributed by atoms with E-state index in [4.69, 9.17) is 18.9 Å². The summed E-state index contributed by atoms with van der Waals surface area (Å²) in [6.07, 6.45) is -5.96. The summed E-state index contributed by atoms with van der Waals surface area (Å²) in [6.45, 7) is 6.00. The molecule has 1 atom stereocenters. The maximum Gasteiger partial charge on any atom is 0.573 e. The molecule has 2 aromatic carbocycles. The Bertz CT molecular complexity index is 1040. The van der Waals surface area contributed by atoms with Crippen LogP contribution in [-0.2, 0) is 41.6 Å². The molecular weight excluding hydrogens is 507 g/mol. The number of morpholine rings is 1. The van der Waals surface area contributed by atoms with Crippen LogP contribution >= 0.6 is 0 Å². The fourth-order valence-electron chi connectivity index (χ4n) is 3.96. The fourth-order valence-corrected chi connectivity index (χ4v) is 3.96. The second-order valence-electron chi connectivity index (χ2n) is 9.02. The molecule has 0 radical (unpaired) electrons. The third-order valence-electron chi connectivity index (χ3n) is 5.64. The van der Waals surface area contributed by atoms with Gasteiger partial charge in [-0.05, 0) is 37.1 Å². The number of nitrogens with zero attached hydrogens (tertiary/aromatic N) is 1. The summed E-state index contributed by atoms with van der Waals surface area (Å²) in [6, 6.07) is 13.9. The van der Waals surface area contributed by atoms with Gasteiger partial charge in [0.05, 0.1) is 19.3 Å². The minimum Gasteiger partial charge on any atom is -0.462 e. The topological polar surface area (TPSA) is 83.5 Å². The van der Waals surface area contributed by atoms with E-state index in [1.165, 1.54) is 12.1 Å². The van der Waals surface area contributed by atoms with Gasteiger partial charge in [0, 0.05) is 26.1 Å². The SMILES string of the molecule is CC(C)OC(Cc1cccc(OC(F)(F)F)c1)(C(=O)OCCN1CCOCC1)C(=O)OCc1ccccc1. The van der Waals surface area contributed by atoms with Crippen LogP contribution in [0.15, 0.2) is 54.6 Å². The summed E-state index contributed by atoms with van der Waals surface area (Å²) in [4.78, 5) is 29.1. The highest BCUT2D eigenvalue weighted by molar-refractivity contribution is 6.04. The zero-order valence-corrected chi connectivity index (χ0v) is 21.4. The normalized spacial score (nSPS) is 16.1. The third kappa shape index (κ3) is 9.00. The molecule has 11 heteroatoms. The molecule has 3 rings (SSSR count). The van der Waals surface area contributed by atoms with Crippen LogP contribution in [0.25, 0.3) is 0 Å². The van der Waals surface area contributed by atoms with Gasteiger partial charge in [-0.1, -0.05) is 42.5 Å². The van der Waals surface area contributed by atoms with Crippen LogP contribution in [0.3, 0.4) is 0 Å². The molecule has 0 amide bonds. The summed E-state index contributed by atoms with van der Waals surface area (Å²) in [5.41, 5.74) is -1.39. The molecule has 0 aliphatic carbocycles. The van der Waals surface area contributed by atoms with Gasteiger partial charge >= 0.3 is 18.3 Å². The van der Waals surface area contributed by atoms with Gasteiger partial charge in [-0.15, -0.1) is 13.2 Å². The predicted octanol–water partition coefficient (Wildman–Crippen LogP) is 3.91. The third-order valence-corrected chi connectivity index (χ3v) is 5.64. The summed E-state index contributed by atoms with van der Waals surface area (Å²) in [5.74, 6) is -2.49. The Morgan fingerprint density at radius 2 is 1.61 bits per heavy atom. The second-order valence-corrected chi connectivity index (χ2v) is 9.02. The minimum absolute atomic E-state index is 0.0226. The van der Waals surface area contributed by atoms with Crippen LogP contribution < -0.4 is 4.74 Å². The monoisotopic (exact) mass is 539 g/mol. The summed E-state index contributed by atoms with van der Waals surface area (Å²) >= 11 is 0. The Balaban J connectivity index is 1.86. The highest BCUT2D eigenvalue weighted by Crippen LogP contribution is 2.29. The summed E-state index contributed by atoms with van der Waals surface area (Å²) < 4.78 is 64.6. The number of hydrogen-bond donors (Lipinski definition) is 0. The van der Waals surface area contributed by atoms with E-state index >= 15 is 0 Å². The molecule has 2 aromatic rings.